The topological polar surface area (TPSA) is 58.2 Å². The minimum absolute atomic E-state index is 0.0629. The van der Waals surface area contributed by atoms with Crippen LogP contribution in [0.25, 0.3) is 0 Å². The van der Waals surface area contributed by atoms with Gasteiger partial charge in [0, 0.05) is 10.6 Å². The second-order valence-corrected chi connectivity index (χ2v) is 9.29. The maximum atomic E-state index is 14.0. The molecule has 4 nitrogen and oxygen atoms in total. The zero-order valence-electron chi connectivity index (χ0n) is 13.8. The normalized spacial score (nSPS) is 19.0. The fourth-order valence-corrected chi connectivity index (χ4v) is 5.93. The van der Waals surface area contributed by atoms with Gasteiger partial charge in [0.25, 0.3) is 0 Å². The number of benzene rings is 2. The molecule has 1 aliphatic rings. The highest BCUT2D eigenvalue weighted by molar-refractivity contribution is 7.79. The molecule has 0 radical (unpaired) electrons. The number of carbonyl (C=O) groups excluding carboxylic acids is 1. The zero-order chi connectivity index (χ0) is 17.0. The minimum Gasteiger partial charge on any atom is -0.345 e. The van der Waals surface area contributed by atoms with E-state index in [1.165, 1.54) is 0 Å². The van der Waals surface area contributed by atoms with Gasteiger partial charge in [0.2, 0.25) is 5.91 Å². The Morgan fingerprint density at radius 3 is 2.08 bits per heavy atom. The van der Waals surface area contributed by atoms with Crippen molar-refractivity contribution < 1.29 is 9.36 Å². The summed E-state index contributed by atoms with van der Waals surface area (Å²) in [5, 5.41) is 7.72. The van der Waals surface area contributed by atoms with Gasteiger partial charge in [-0.1, -0.05) is 60.7 Å². The van der Waals surface area contributed by atoms with E-state index in [1.807, 2.05) is 67.6 Å². The van der Waals surface area contributed by atoms with Crippen LogP contribution in [0.1, 0.15) is 19.8 Å². The quantitative estimate of drug-likeness (QED) is 0.819. The van der Waals surface area contributed by atoms with Crippen LogP contribution in [0.4, 0.5) is 0 Å². The van der Waals surface area contributed by atoms with Crippen LogP contribution in [0.15, 0.2) is 60.7 Å². The number of hydrogen-bond acceptors (Lipinski definition) is 3. The van der Waals surface area contributed by atoms with Crippen LogP contribution in [0, 0.1) is 0 Å². The molecule has 0 saturated carbocycles. The van der Waals surface area contributed by atoms with Gasteiger partial charge >= 0.3 is 0 Å². The second kappa shape index (κ2) is 7.33. The monoisotopic (exact) mass is 342 g/mol. The molecule has 2 atom stereocenters. The van der Waals surface area contributed by atoms with Crippen molar-refractivity contribution in [3.05, 3.63) is 60.7 Å². The Labute approximate surface area is 143 Å². The van der Waals surface area contributed by atoms with Crippen molar-refractivity contribution in [2.24, 2.45) is 0 Å². The van der Waals surface area contributed by atoms with Crippen molar-refractivity contribution in [1.82, 2.24) is 10.6 Å². The van der Waals surface area contributed by atoms with E-state index in [1.54, 1.807) is 0 Å². The van der Waals surface area contributed by atoms with Crippen LogP contribution in [0.3, 0.4) is 0 Å². The highest BCUT2D eigenvalue weighted by Crippen LogP contribution is 2.47. The van der Waals surface area contributed by atoms with Crippen molar-refractivity contribution in [2.75, 3.05) is 6.54 Å². The summed E-state index contributed by atoms with van der Waals surface area (Å²) in [5.41, 5.74) is 0. The average molecular weight is 342 g/mol. The lowest BCUT2D eigenvalue weighted by Gasteiger charge is -2.27. The van der Waals surface area contributed by atoms with Crippen molar-refractivity contribution in [1.29, 1.82) is 0 Å². The average Bonchev–Trinajstić information content (AvgIpc) is 3.17. The number of amides is 1. The molecule has 1 fully saturated rings. The van der Waals surface area contributed by atoms with E-state index >= 15 is 0 Å². The maximum Gasteiger partial charge on any atom is 0.237 e. The predicted octanol–water partition coefficient (Wildman–Crippen LogP) is 2.21. The highest BCUT2D eigenvalue weighted by atomic mass is 31.2. The molecule has 2 N–H and O–H groups in total. The standard InChI is InChI=1S/C19H23N2O2P/c1-15(21-19(22)18-13-8-14-20-18)24(23,16-9-4-2-5-10-16)17-11-6-3-7-12-17/h2-7,9-12,15,18,20H,8,13-14H2,1H3,(H,21,22). The predicted molar refractivity (Wildman–Crippen MR) is 98.4 cm³/mol. The lowest BCUT2D eigenvalue weighted by molar-refractivity contribution is -0.122. The molecular formula is C19H23N2O2P. The Morgan fingerprint density at radius 2 is 1.62 bits per heavy atom. The first-order chi connectivity index (χ1) is 11.6. The maximum absolute atomic E-state index is 14.0. The van der Waals surface area contributed by atoms with Crippen LogP contribution < -0.4 is 21.2 Å². The lowest BCUT2D eigenvalue weighted by Crippen LogP contribution is -2.46. The van der Waals surface area contributed by atoms with Gasteiger partial charge in [0.05, 0.1) is 11.8 Å². The second-order valence-electron chi connectivity index (χ2n) is 6.16. The van der Waals surface area contributed by atoms with E-state index in [-0.39, 0.29) is 11.9 Å². The molecule has 0 aliphatic carbocycles. The summed E-state index contributed by atoms with van der Waals surface area (Å²) in [5.74, 6) is -0.524. The van der Waals surface area contributed by atoms with Crippen molar-refractivity contribution in [3.8, 4) is 0 Å². The van der Waals surface area contributed by atoms with Gasteiger partial charge in [-0.15, -0.1) is 0 Å². The van der Waals surface area contributed by atoms with Crippen LogP contribution in [0.5, 0.6) is 0 Å². The van der Waals surface area contributed by atoms with Gasteiger partial charge in [0.1, 0.15) is 0 Å². The third kappa shape index (κ3) is 3.31. The molecule has 3 rings (SSSR count). The van der Waals surface area contributed by atoms with Crippen LogP contribution in [-0.2, 0) is 9.36 Å². The SMILES string of the molecule is CC(NC(=O)C1CCCN1)P(=O)(c1ccccc1)c1ccccc1. The summed E-state index contributed by atoms with van der Waals surface area (Å²) in [7, 11) is -2.97. The fourth-order valence-electron chi connectivity index (χ4n) is 3.20. The highest BCUT2D eigenvalue weighted by Gasteiger charge is 2.36. The van der Waals surface area contributed by atoms with E-state index in [0.717, 1.165) is 30.0 Å². The van der Waals surface area contributed by atoms with Crippen molar-refractivity contribution in [3.63, 3.8) is 0 Å². The van der Waals surface area contributed by atoms with Gasteiger partial charge in [-0.3, -0.25) is 4.79 Å². The number of nitrogens with one attached hydrogen (secondary N) is 2. The van der Waals surface area contributed by atoms with E-state index in [9.17, 15) is 9.36 Å². The van der Waals surface area contributed by atoms with Gasteiger partial charge in [-0.25, -0.2) is 0 Å². The smallest absolute Gasteiger partial charge is 0.237 e. The first kappa shape index (κ1) is 16.9. The lowest BCUT2D eigenvalue weighted by atomic mass is 10.2. The Kier molecular flexibility index (Phi) is 5.17. The largest absolute Gasteiger partial charge is 0.345 e. The minimum atomic E-state index is -2.97. The number of carbonyl (C=O) groups is 1. The third-order valence-corrected chi connectivity index (χ3v) is 7.90. The first-order valence-electron chi connectivity index (χ1n) is 8.37. The molecule has 2 unspecified atom stereocenters. The molecule has 0 spiro atoms. The van der Waals surface area contributed by atoms with Gasteiger partial charge in [-0.05, 0) is 26.3 Å². The fraction of sp³-hybridized carbons (Fsp3) is 0.316. The molecule has 24 heavy (non-hydrogen) atoms. The van der Waals surface area contributed by atoms with Crippen molar-refractivity contribution >= 4 is 23.7 Å². The van der Waals surface area contributed by atoms with Crippen LogP contribution in [-0.4, -0.2) is 24.3 Å². The first-order valence-corrected chi connectivity index (χ1v) is 10.1. The summed E-state index contributed by atoms with van der Waals surface area (Å²) in [6.07, 6.45) is 1.83. The number of hydrogen-bond donors (Lipinski definition) is 2. The Balaban J connectivity index is 1.93. The Morgan fingerprint density at radius 1 is 1.08 bits per heavy atom. The molecule has 126 valence electrons. The van der Waals surface area contributed by atoms with Gasteiger partial charge in [-0.2, -0.15) is 0 Å². The molecule has 1 saturated heterocycles. The van der Waals surface area contributed by atoms with Crippen molar-refractivity contribution in [2.45, 2.75) is 31.6 Å². The zero-order valence-corrected chi connectivity index (χ0v) is 14.7. The number of rotatable bonds is 5. The summed E-state index contributed by atoms with van der Waals surface area (Å²) in [4.78, 5) is 12.5. The van der Waals surface area contributed by atoms with Gasteiger partial charge in [0.15, 0.2) is 7.14 Å². The summed E-state index contributed by atoms with van der Waals surface area (Å²) in [6.45, 7) is 2.70. The summed E-state index contributed by atoms with van der Waals surface area (Å²) in [6, 6.07) is 18.7. The molecule has 0 bridgehead atoms. The van der Waals surface area contributed by atoms with E-state index in [2.05, 4.69) is 10.6 Å². The van der Waals surface area contributed by atoms with Crippen LogP contribution >= 0.6 is 7.14 Å². The molecule has 1 aliphatic heterocycles. The van der Waals surface area contributed by atoms with E-state index < -0.39 is 12.9 Å². The molecule has 5 heteroatoms. The molecule has 1 heterocycles. The third-order valence-electron chi connectivity index (χ3n) is 4.55. The Bertz CT molecular complexity index is 684. The van der Waals surface area contributed by atoms with E-state index in [0.29, 0.717) is 0 Å². The molecular weight excluding hydrogens is 319 g/mol. The summed E-state index contributed by atoms with van der Waals surface area (Å²) < 4.78 is 14.0. The Hall–Kier alpha value is -1.90. The van der Waals surface area contributed by atoms with E-state index in [4.69, 9.17) is 0 Å². The molecule has 2 aromatic rings. The molecule has 0 aromatic heterocycles. The van der Waals surface area contributed by atoms with Gasteiger partial charge < -0.3 is 15.2 Å². The molecule has 1 amide bonds. The molecule has 2 aromatic carbocycles. The summed E-state index contributed by atoms with van der Waals surface area (Å²) >= 11 is 0. The van der Waals surface area contributed by atoms with Crippen LogP contribution in [0.2, 0.25) is 0 Å².